The van der Waals surface area contributed by atoms with Crippen molar-refractivity contribution in [2.24, 2.45) is 0 Å². The second-order valence-corrected chi connectivity index (χ2v) is 8.96. The summed E-state index contributed by atoms with van der Waals surface area (Å²) >= 11 is 6.51. The van der Waals surface area contributed by atoms with Crippen molar-refractivity contribution in [3.05, 3.63) is 99.2 Å². The predicted octanol–water partition coefficient (Wildman–Crippen LogP) is 6.01. The van der Waals surface area contributed by atoms with E-state index in [0.717, 1.165) is 11.6 Å². The van der Waals surface area contributed by atoms with Crippen LogP contribution >= 0.6 is 23.4 Å². The molecule has 4 rings (SSSR count). The molecule has 0 unspecified atom stereocenters. The van der Waals surface area contributed by atoms with Gasteiger partial charge in [-0.1, -0.05) is 35.9 Å². The maximum absolute atomic E-state index is 13.8. The fourth-order valence-electron chi connectivity index (χ4n) is 3.18. The van der Waals surface area contributed by atoms with Crippen LogP contribution in [0.3, 0.4) is 0 Å². The third-order valence-corrected chi connectivity index (χ3v) is 6.12. The highest BCUT2D eigenvalue weighted by molar-refractivity contribution is 8.18. The number of nitrogens with one attached hydrogen (secondary N) is 1. The van der Waals surface area contributed by atoms with Crippen LogP contribution in [0.5, 0.6) is 5.75 Å². The normalized spacial score (nSPS) is 14.4. The zero-order valence-electron chi connectivity index (χ0n) is 18.3. The molecule has 0 aromatic heterocycles. The largest absolute Gasteiger partial charge is 0.489 e. The van der Waals surface area contributed by atoms with E-state index in [1.54, 1.807) is 36.4 Å². The van der Waals surface area contributed by atoms with Gasteiger partial charge >= 0.3 is 0 Å². The van der Waals surface area contributed by atoms with Crippen molar-refractivity contribution in [1.82, 2.24) is 4.90 Å². The highest BCUT2D eigenvalue weighted by Crippen LogP contribution is 2.32. The minimum atomic E-state index is -1.75. The Hall–Kier alpha value is -3.76. The minimum Gasteiger partial charge on any atom is -0.489 e. The number of benzene rings is 3. The highest BCUT2D eigenvalue weighted by Gasteiger charge is 2.36. The molecule has 6 nitrogen and oxygen atoms in total. The molecule has 0 spiro atoms. The van der Waals surface area contributed by atoms with Crippen LogP contribution < -0.4 is 10.1 Å². The Morgan fingerprint density at radius 2 is 1.78 bits per heavy atom. The zero-order valence-corrected chi connectivity index (χ0v) is 19.8. The van der Waals surface area contributed by atoms with Crippen LogP contribution in [0, 0.1) is 17.5 Å². The second kappa shape index (κ2) is 10.9. The lowest BCUT2D eigenvalue weighted by Gasteiger charge is -2.13. The number of thioether (sulfide) groups is 1. The van der Waals surface area contributed by atoms with Crippen molar-refractivity contribution in [3.63, 3.8) is 0 Å². The third-order valence-electron chi connectivity index (χ3n) is 4.96. The number of anilines is 1. The number of ether oxygens (including phenoxy) is 1. The van der Waals surface area contributed by atoms with Gasteiger partial charge in [0.2, 0.25) is 5.91 Å². The molecule has 36 heavy (non-hydrogen) atoms. The first-order valence-corrected chi connectivity index (χ1v) is 11.6. The van der Waals surface area contributed by atoms with Crippen molar-refractivity contribution < 1.29 is 32.3 Å². The number of rotatable bonds is 7. The number of carbonyl (C=O) groups excluding carboxylic acids is 3. The standard InChI is InChI=1S/C25H16ClF3N2O4S/c26-16-6-4-14(5-7-16)13-35-17-3-1-2-15(10-17)11-20-24(33)31(25(34)36-20)12-21(32)30-19-9-8-18(27)22(28)23(19)29/h1-11H,12-13H2,(H,30,32)/b20-11+. The first kappa shape index (κ1) is 25.3. The van der Waals surface area contributed by atoms with Crippen LogP contribution in [0.4, 0.5) is 23.7 Å². The van der Waals surface area contributed by atoms with Gasteiger partial charge in [0.15, 0.2) is 17.5 Å². The van der Waals surface area contributed by atoms with Gasteiger partial charge in [-0.3, -0.25) is 19.3 Å². The van der Waals surface area contributed by atoms with Crippen molar-refractivity contribution in [1.29, 1.82) is 0 Å². The van der Waals surface area contributed by atoms with Crippen LogP contribution in [0.1, 0.15) is 11.1 Å². The second-order valence-electron chi connectivity index (χ2n) is 7.53. The average Bonchev–Trinajstić information content (AvgIpc) is 3.11. The lowest BCUT2D eigenvalue weighted by molar-refractivity contribution is -0.127. The van der Waals surface area contributed by atoms with Crippen molar-refractivity contribution in [2.45, 2.75) is 6.61 Å². The summed E-state index contributed by atoms with van der Waals surface area (Å²) in [6.45, 7) is -0.435. The lowest BCUT2D eigenvalue weighted by atomic mass is 10.2. The molecule has 3 aromatic rings. The summed E-state index contributed by atoms with van der Waals surface area (Å²) in [4.78, 5) is 38.0. The van der Waals surface area contributed by atoms with Gasteiger partial charge in [-0.25, -0.2) is 13.2 Å². The average molecular weight is 533 g/mol. The van der Waals surface area contributed by atoms with Crippen molar-refractivity contribution >= 4 is 52.2 Å². The molecule has 3 amide bonds. The van der Waals surface area contributed by atoms with Gasteiger partial charge in [0.1, 0.15) is 18.9 Å². The number of nitrogens with zero attached hydrogens (tertiary/aromatic N) is 1. The Bertz CT molecular complexity index is 1380. The molecular formula is C25H16ClF3N2O4S. The molecule has 0 saturated carbocycles. The van der Waals surface area contributed by atoms with Gasteiger partial charge in [-0.2, -0.15) is 0 Å². The predicted molar refractivity (Wildman–Crippen MR) is 130 cm³/mol. The topological polar surface area (TPSA) is 75.7 Å². The van der Waals surface area contributed by atoms with E-state index in [0.29, 0.717) is 45.7 Å². The molecule has 0 aliphatic carbocycles. The van der Waals surface area contributed by atoms with Gasteiger partial charge < -0.3 is 10.1 Å². The summed E-state index contributed by atoms with van der Waals surface area (Å²) in [6, 6.07) is 15.5. The van der Waals surface area contributed by atoms with Crippen LogP contribution in [0.15, 0.2) is 65.6 Å². The molecule has 0 atom stereocenters. The summed E-state index contributed by atoms with van der Waals surface area (Å²) in [6.07, 6.45) is 1.48. The van der Waals surface area contributed by atoms with Crippen LogP contribution in [-0.2, 0) is 16.2 Å². The molecule has 1 aliphatic rings. The first-order chi connectivity index (χ1) is 17.2. The molecule has 0 bridgehead atoms. The number of carbonyl (C=O) groups is 3. The molecule has 1 heterocycles. The summed E-state index contributed by atoms with van der Waals surface area (Å²) in [7, 11) is 0. The Morgan fingerprint density at radius 1 is 1.03 bits per heavy atom. The molecule has 1 saturated heterocycles. The van der Waals surface area contributed by atoms with Gasteiger partial charge in [-0.05, 0) is 65.4 Å². The Balaban J connectivity index is 1.41. The van der Waals surface area contributed by atoms with E-state index >= 15 is 0 Å². The molecule has 184 valence electrons. The minimum absolute atomic E-state index is 0.0710. The van der Waals surface area contributed by atoms with Gasteiger partial charge in [0.05, 0.1) is 10.6 Å². The molecule has 1 N–H and O–H groups in total. The SMILES string of the molecule is O=C(CN1C(=O)S/C(=C/c2cccc(OCc3ccc(Cl)cc3)c2)C1=O)Nc1ccc(F)c(F)c1F. The molecule has 3 aromatic carbocycles. The summed E-state index contributed by atoms with van der Waals surface area (Å²) < 4.78 is 46.0. The molecule has 1 fully saturated rings. The molecule has 0 radical (unpaired) electrons. The van der Waals surface area contributed by atoms with Crippen molar-refractivity contribution in [2.75, 3.05) is 11.9 Å². The van der Waals surface area contributed by atoms with E-state index in [1.807, 2.05) is 17.4 Å². The van der Waals surface area contributed by atoms with E-state index in [2.05, 4.69) is 0 Å². The van der Waals surface area contributed by atoms with E-state index in [-0.39, 0.29) is 4.91 Å². The third kappa shape index (κ3) is 5.89. The smallest absolute Gasteiger partial charge is 0.294 e. The zero-order chi connectivity index (χ0) is 25.8. The maximum atomic E-state index is 13.8. The van der Waals surface area contributed by atoms with E-state index in [9.17, 15) is 27.6 Å². The highest BCUT2D eigenvalue weighted by atomic mass is 35.5. The Kier molecular flexibility index (Phi) is 7.66. The summed E-state index contributed by atoms with van der Waals surface area (Å²) in [5.41, 5.74) is 0.881. The maximum Gasteiger partial charge on any atom is 0.294 e. The molecular weight excluding hydrogens is 517 g/mol. The van der Waals surface area contributed by atoms with Gasteiger partial charge in [-0.15, -0.1) is 0 Å². The number of hydrogen-bond donors (Lipinski definition) is 1. The van der Waals surface area contributed by atoms with Crippen molar-refractivity contribution in [3.8, 4) is 5.75 Å². The van der Waals surface area contributed by atoms with E-state index < -0.39 is 46.7 Å². The Labute approximate surface area is 212 Å². The number of amides is 3. The monoisotopic (exact) mass is 532 g/mol. The van der Waals surface area contributed by atoms with Crippen LogP contribution in [-0.4, -0.2) is 28.5 Å². The van der Waals surface area contributed by atoms with Crippen LogP contribution in [0.25, 0.3) is 6.08 Å². The molecule has 11 heteroatoms. The number of halogens is 4. The fraction of sp³-hybridized carbons (Fsp3) is 0.0800. The van der Waals surface area contributed by atoms with Gasteiger partial charge in [0, 0.05) is 5.02 Å². The summed E-state index contributed by atoms with van der Waals surface area (Å²) in [5, 5.41) is 1.94. The number of hydrogen-bond acceptors (Lipinski definition) is 5. The van der Waals surface area contributed by atoms with Gasteiger partial charge in [0.25, 0.3) is 11.1 Å². The van der Waals surface area contributed by atoms with Crippen LogP contribution in [0.2, 0.25) is 5.02 Å². The quantitative estimate of drug-likeness (QED) is 0.298. The van der Waals surface area contributed by atoms with E-state index in [1.165, 1.54) is 6.08 Å². The lowest BCUT2D eigenvalue weighted by Crippen LogP contribution is -2.36. The molecule has 1 aliphatic heterocycles. The fourth-order valence-corrected chi connectivity index (χ4v) is 4.15. The first-order valence-electron chi connectivity index (χ1n) is 10.4. The number of imide groups is 1. The Morgan fingerprint density at radius 3 is 2.53 bits per heavy atom. The summed E-state index contributed by atoms with van der Waals surface area (Å²) in [5.74, 6) is -5.90. The van der Waals surface area contributed by atoms with E-state index in [4.69, 9.17) is 16.3 Å².